The van der Waals surface area contributed by atoms with Gasteiger partial charge in [0.15, 0.2) is 0 Å². The van der Waals surface area contributed by atoms with E-state index >= 15 is 4.39 Å². The Kier molecular flexibility index (Phi) is 6.19. The molecule has 3 aromatic rings. The topological polar surface area (TPSA) is 23.8 Å². The molecule has 0 aliphatic carbocycles. The van der Waals surface area contributed by atoms with Gasteiger partial charge in [0.1, 0.15) is 18.1 Å². The van der Waals surface area contributed by atoms with E-state index in [-0.39, 0.29) is 5.56 Å². The van der Waals surface area contributed by atoms with E-state index in [1.807, 2.05) is 48.5 Å². The highest BCUT2D eigenvalue weighted by molar-refractivity contribution is 5.83. The molecule has 0 spiro atoms. The van der Waals surface area contributed by atoms with E-state index in [1.165, 1.54) is 12.1 Å². The van der Waals surface area contributed by atoms with Gasteiger partial charge in [-0.3, -0.25) is 0 Å². The summed E-state index contributed by atoms with van der Waals surface area (Å²) in [6.45, 7) is 2.10. The van der Waals surface area contributed by atoms with Crippen molar-refractivity contribution in [3.63, 3.8) is 0 Å². The van der Waals surface area contributed by atoms with Crippen molar-refractivity contribution in [1.29, 1.82) is 5.26 Å². The van der Waals surface area contributed by atoms with Gasteiger partial charge in [-0.25, -0.2) is 8.78 Å². The lowest BCUT2D eigenvalue weighted by molar-refractivity contribution is 0.273. The van der Waals surface area contributed by atoms with Gasteiger partial charge in [0.2, 0.25) is 0 Å². The number of hydrogen-bond acceptors (Lipinski definition) is 1. The maximum atomic E-state index is 15.6. The smallest absolute Gasteiger partial charge is 0.141 e. The molecule has 27 heavy (non-hydrogen) atoms. The molecule has 1 nitrogen and oxygen atoms in total. The fourth-order valence-electron chi connectivity index (χ4n) is 3.56. The maximum absolute atomic E-state index is 15.6. The van der Waals surface area contributed by atoms with Crippen LogP contribution < -0.4 is 0 Å². The maximum Gasteiger partial charge on any atom is 0.141 e. The molecule has 0 heterocycles. The molecule has 0 fully saturated rings. The van der Waals surface area contributed by atoms with Gasteiger partial charge in [0, 0.05) is 5.92 Å². The van der Waals surface area contributed by atoms with E-state index in [1.54, 1.807) is 6.07 Å². The molecule has 0 amide bonds. The number of hydrogen-bond donors (Lipinski definition) is 0. The van der Waals surface area contributed by atoms with Crippen LogP contribution >= 0.6 is 0 Å². The Morgan fingerprint density at radius 3 is 2.37 bits per heavy atom. The van der Waals surface area contributed by atoms with Gasteiger partial charge in [-0.2, -0.15) is 5.26 Å². The zero-order chi connectivity index (χ0) is 19.2. The van der Waals surface area contributed by atoms with Crippen LogP contribution in [-0.2, 0) is 0 Å². The van der Waals surface area contributed by atoms with E-state index in [0.29, 0.717) is 17.5 Å². The molecule has 0 aromatic heterocycles. The average molecular weight is 363 g/mol. The molecule has 138 valence electrons. The van der Waals surface area contributed by atoms with Crippen molar-refractivity contribution in [3.8, 4) is 6.07 Å². The largest absolute Gasteiger partial charge is 0.242 e. The Hall–Kier alpha value is -2.73. The molecule has 0 N–H and O–H groups in total. The highest BCUT2D eigenvalue weighted by Crippen LogP contribution is 2.39. The van der Waals surface area contributed by atoms with Crippen LogP contribution in [0.4, 0.5) is 8.78 Å². The van der Waals surface area contributed by atoms with E-state index < -0.39 is 17.9 Å². The molecule has 3 heteroatoms. The normalized spacial score (nSPS) is 13.3. The summed E-state index contributed by atoms with van der Waals surface area (Å²) in [6, 6.07) is 19.8. The van der Waals surface area contributed by atoms with Crippen LogP contribution in [0.25, 0.3) is 10.8 Å². The van der Waals surface area contributed by atoms with Crippen molar-refractivity contribution in [1.82, 2.24) is 0 Å². The van der Waals surface area contributed by atoms with E-state index in [4.69, 9.17) is 5.26 Å². The van der Waals surface area contributed by atoms with E-state index in [0.717, 1.165) is 30.0 Å². The van der Waals surface area contributed by atoms with Crippen molar-refractivity contribution in [2.75, 3.05) is 0 Å². The summed E-state index contributed by atoms with van der Waals surface area (Å²) in [4.78, 5) is 0. The molecule has 3 rings (SSSR count). The Morgan fingerprint density at radius 1 is 0.926 bits per heavy atom. The van der Waals surface area contributed by atoms with Crippen LogP contribution in [0.1, 0.15) is 61.4 Å². The first-order chi connectivity index (χ1) is 13.1. The second-order valence-corrected chi connectivity index (χ2v) is 6.96. The number of unbranched alkanes of at least 4 members (excludes halogenated alkanes) is 2. The number of benzene rings is 3. The van der Waals surface area contributed by atoms with Gasteiger partial charge in [-0.1, -0.05) is 68.7 Å². The minimum absolute atomic E-state index is 0.00725. The molecule has 0 aliphatic rings. The number of alkyl halides is 1. The van der Waals surface area contributed by atoms with Crippen LogP contribution in [0.15, 0.2) is 60.7 Å². The lowest BCUT2D eigenvalue weighted by atomic mass is 9.85. The van der Waals surface area contributed by atoms with Gasteiger partial charge >= 0.3 is 0 Å². The van der Waals surface area contributed by atoms with Crippen molar-refractivity contribution in [3.05, 3.63) is 83.2 Å². The predicted molar refractivity (Wildman–Crippen MR) is 106 cm³/mol. The Labute approximate surface area is 159 Å². The number of rotatable bonds is 7. The third kappa shape index (κ3) is 4.34. The summed E-state index contributed by atoms with van der Waals surface area (Å²) in [5.41, 5.74) is 1.22. The third-order valence-corrected chi connectivity index (χ3v) is 5.11. The number of nitrogens with zero attached hydrogens (tertiary/aromatic N) is 1. The minimum Gasteiger partial charge on any atom is -0.242 e. The highest BCUT2D eigenvalue weighted by Gasteiger charge is 2.25. The summed E-state index contributed by atoms with van der Waals surface area (Å²) in [6.07, 6.45) is 2.37. The molecule has 2 unspecified atom stereocenters. The van der Waals surface area contributed by atoms with Gasteiger partial charge in [0.25, 0.3) is 0 Å². The lowest BCUT2D eigenvalue weighted by Gasteiger charge is -2.23. The lowest BCUT2D eigenvalue weighted by Crippen LogP contribution is -2.09. The monoisotopic (exact) mass is 363 g/mol. The van der Waals surface area contributed by atoms with Gasteiger partial charge < -0.3 is 0 Å². The third-order valence-electron chi connectivity index (χ3n) is 5.11. The summed E-state index contributed by atoms with van der Waals surface area (Å²) >= 11 is 0. The average Bonchev–Trinajstić information content (AvgIpc) is 2.70. The number of halogens is 2. The number of fused-ring (bicyclic) bond motifs is 1. The molecule has 3 aromatic carbocycles. The molecular weight excluding hydrogens is 340 g/mol. The second-order valence-electron chi connectivity index (χ2n) is 6.96. The number of nitriles is 1. The molecule has 0 saturated carbocycles. The molecule has 0 bridgehead atoms. The SMILES string of the molecule is CCCCCC(c1ccc(C#N)c(F)c1)C(F)c1ccc2ccccc2c1. The first-order valence-electron chi connectivity index (χ1n) is 9.46. The highest BCUT2D eigenvalue weighted by atomic mass is 19.1. The quantitative estimate of drug-likeness (QED) is 0.406. The van der Waals surface area contributed by atoms with E-state index in [2.05, 4.69) is 6.92 Å². The molecule has 2 atom stereocenters. The van der Waals surface area contributed by atoms with Crippen molar-refractivity contribution >= 4 is 10.8 Å². The zero-order valence-electron chi connectivity index (χ0n) is 15.5. The van der Waals surface area contributed by atoms with Crippen LogP contribution in [0, 0.1) is 17.1 Å². The summed E-state index contributed by atoms with van der Waals surface area (Å²) < 4.78 is 29.7. The van der Waals surface area contributed by atoms with Crippen molar-refractivity contribution in [2.24, 2.45) is 0 Å². The molecule has 0 saturated heterocycles. The standard InChI is InChI=1S/C24H23F2N/c1-2-3-4-9-22(19-11-13-21(16-27)23(25)15-19)24(26)20-12-10-17-7-5-6-8-18(17)14-20/h5-8,10-15,22,24H,2-4,9H2,1H3. The van der Waals surface area contributed by atoms with Gasteiger partial charge in [-0.15, -0.1) is 0 Å². The predicted octanol–water partition coefficient (Wildman–Crippen LogP) is 7.23. The summed E-state index contributed by atoms with van der Waals surface area (Å²) in [7, 11) is 0. The first-order valence-corrected chi connectivity index (χ1v) is 9.46. The van der Waals surface area contributed by atoms with Crippen LogP contribution in [0.3, 0.4) is 0 Å². The van der Waals surface area contributed by atoms with Gasteiger partial charge in [-0.05, 0) is 46.5 Å². The zero-order valence-corrected chi connectivity index (χ0v) is 15.5. The fourth-order valence-corrected chi connectivity index (χ4v) is 3.56. The summed E-state index contributed by atoms with van der Waals surface area (Å²) in [5, 5.41) is 11.0. The second kappa shape index (κ2) is 8.77. The van der Waals surface area contributed by atoms with E-state index in [9.17, 15) is 4.39 Å². The summed E-state index contributed by atoms with van der Waals surface area (Å²) in [5.74, 6) is -1.01. The molecular formula is C24H23F2N. The Morgan fingerprint density at radius 2 is 1.67 bits per heavy atom. The van der Waals surface area contributed by atoms with Crippen molar-refractivity contribution in [2.45, 2.75) is 44.7 Å². The first kappa shape index (κ1) is 19.0. The minimum atomic E-state index is -1.22. The van der Waals surface area contributed by atoms with Gasteiger partial charge in [0.05, 0.1) is 5.56 Å². The van der Waals surface area contributed by atoms with Crippen LogP contribution in [0.2, 0.25) is 0 Å². The van der Waals surface area contributed by atoms with Crippen molar-refractivity contribution < 1.29 is 8.78 Å². The molecule has 0 aliphatic heterocycles. The van der Waals surface area contributed by atoms with Crippen LogP contribution in [-0.4, -0.2) is 0 Å². The Balaban J connectivity index is 1.95. The molecule has 0 radical (unpaired) electrons. The Bertz CT molecular complexity index is 958. The fraction of sp³-hybridized carbons (Fsp3) is 0.292. The van der Waals surface area contributed by atoms with Crippen LogP contribution in [0.5, 0.6) is 0 Å².